The Balaban J connectivity index is 1.44. The third-order valence-corrected chi connectivity index (χ3v) is 6.88. The highest BCUT2D eigenvalue weighted by molar-refractivity contribution is 5.53. The van der Waals surface area contributed by atoms with Crippen LogP contribution in [0.5, 0.6) is 5.75 Å². The van der Waals surface area contributed by atoms with Crippen LogP contribution in [0.15, 0.2) is 81.4 Å². The number of azo groups is 1. The largest absolute Gasteiger partial charge is 0.497 e. The van der Waals surface area contributed by atoms with E-state index in [4.69, 9.17) is 4.74 Å². The molecule has 2 heterocycles. The molecule has 30 heavy (non-hydrogen) atoms. The zero-order valence-corrected chi connectivity index (χ0v) is 17.5. The number of fused-ring (bicyclic) bond motifs is 1. The summed E-state index contributed by atoms with van der Waals surface area (Å²) in [5, 5.41) is 20.3. The molecule has 0 amide bonds. The SMILES string of the molecule is COc1ccc(C(O)C[C@H]2C3=C(CCC3)C3=C(N=N[C@H]3c3cccnc3)[C@@H]2C)cc1. The number of ether oxygens (including phenoxy) is 1. The van der Waals surface area contributed by atoms with Crippen LogP contribution >= 0.6 is 0 Å². The van der Waals surface area contributed by atoms with Crippen LogP contribution in [0.1, 0.15) is 55.9 Å². The Hall–Kier alpha value is -2.79. The third kappa shape index (κ3) is 3.18. The number of aliphatic hydroxyl groups excluding tert-OH is 1. The van der Waals surface area contributed by atoms with Gasteiger partial charge in [-0.1, -0.05) is 30.7 Å². The lowest BCUT2D eigenvalue weighted by molar-refractivity contribution is 0.140. The summed E-state index contributed by atoms with van der Waals surface area (Å²) < 4.78 is 5.24. The van der Waals surface area contributed by atoms with E-state index in [-0.39, 0.29) is 12.0 Å². The minimum absolute atomic E-state index is 0.0355. The molecule has 1 unspecified atom stereocenters. The van der Waals surface area contributed by atoms with Crippen molar-refractivity contribution in [1.82, 2.24) is 4.98 Å². The predicted octanol–water partition coefficient (Wildman–Crippen LogP) is 5.72. The van der Waals surface area contributed by atoms with E-state index >= 15 is 0 Å². The third-order valence-electron chi connectivity index (χ3n) is 6.88. The Morgan fingerprint density at radius 3 is 2.73 bits per heavy atom. The summed E-state index contributed by atoms with van der Waals surface area (Å²) in [5.74, 6) is 1.35. The second kappa shape index (κ2) is 7.80. The molecule has 0 spiro atoms. The number of hydrogen-bond donors (Lipinski definition) is 1. The molecule has 154 valence electrons. The first kappa shape index (κ1) is 19.2. The van der Waals surface area contributed by atoms with E-state index in [2.05, 4.69) is 28.2 Å². The molecule has 0 bridgehead atoms. The predicted molar refractivity (Wildman–Crippen MR) is 115 cm³/mol. The maximum absolute atomic E-state index is 11.0. The first-order chi connectivity index (χ1) is 14.7. The summed E-state index contributed by atoms with van der Waals surface area (Å²) >= 11 is 0. The Kier molecular flexibility index (Phi) is 4.99. The minimum Gasteiger partial charge on any atom is -0.497 e. The quantitative estimate of drug-likeness (QED) is 0.696. The van der Waals surface area contributed by atoms with E-state index < -0.39 is 6.10 Å². The summed E-state index contributed by atoms with van der Waals surface area (Å²) in [6.07, 6.45) is 7.25. The van der Waals surface area contributed by atoms with Crippen molar-refractivity contribution in [2.24, 2.45) is 22.1 Å². The fourth-order valence-electron chi connectivity index (χ4n) is 5.32. The second-order valence-electron chi connectivity index (χ2n) is 8.48. The van der Waals surface area contributed by atoms with Crippen LogP contribution in [-0.2, 0) is 0 Å². The van der Waals surface area contributed by atoms with Crippen molar-refractivity contribution in [3.63, 3.8) is 0 Å². The van der Waals surface area contributed by atoms with Crippen molar-refractivity contribution < 1.29 is 9.84 Å². The Bertz CT molecular complexity index is 1020. The van der Waals surface area contributed by atoms with E-state index in [9.17, 15) is 5.11 Å². The summed E-state index contributed by atoms with van der Waals surface area (Å²) in [6.45, 7) is 2.24. The number of aromatic nitrogens is 1. The van der Waals surface area contributed by atoms with Crippen molar-refractivity contribution in [1.29, 1.82) is 0 Å². The van der Waals surface area contributed by atoms with Crippen molar-refractivity contribution in [2.45, 2.75) is 44.8 Å². The van der Waals surface area contributed by atoms with Gasteiger partial charge in [-0.3, -0.25) is 4.98 Å². The average molecular weight is 402 g/mol. The molecular weight excluding hydrogens is 374 g/mol. The highest BCUT2D eigenvalue weighted by atomic mass is 16.5. The fourth-order valence-corrected chi connectivity index (χ4v) is 5.32. The zero-order chi connectivity index (χ0) is 20.7. The lowest BCUT2D eigenvalue weighted by Crippen LogP contribution is -2.24. The number of methoxy groups -OCH3 is 1. The molecule has 5 nitrogen and oxygen atoms in total. The van der Waals surface area contributed by atoms with E-state index in [1.165, 1.54) is 23.1 Å². The minimum atomic E-state index is -0.507. The maximum Gasteiger partial charge on any atom is 0.125 e. The number of aliphatic hydroxyl groups is 1. The number of benzene rings is 1. The number of hydrogen-bond acceptors (Lipinski definition) is 5. The van der Waals surface area contributed by atoms with Crippen molar-refractivity contribution >= 4 is 0 Å². The molecule has 5 rings (SSSR count). The molecule has 0 fully saturated rings. The Labute approximate surface area is 177 Å². The number of pyridine rings is 1. The molecule has 3 aliphatic rings. The number of nitrogens with zero attached hydrogens (tertiary/aromatic N) is 3. The van der Waals surface area contributed by atoms with E-state index in [0.29, 0.717) is 12.3 Å². The van der Waals surface area contributed by atoms with Gasteiger partial charge in [-0.05, 0) is 60.9 Å². The lowest BCUT2D eigenvalue weighted by atomic mass is 9.71. The van der Waals surface area contributed by atoms with Gasteiger partial charge in [0.25, 0.3) is 0 Å². The first-order valence-electron chi connectivity index (χ1n) is 10.8. The molecule has 0 radical (unpaired) electrons. The summed E-state index contributed by atoms with van der Waals surface area (Å²) in [6, 6.07) is 11.8. The molecule has 0 saturated carbocycles. The van der Waals surface area contributed by atoms with Gasteiger partial charge in [0.2, 0.25) is 0 Å². The summed E-state index contributed by atoms with van der Waals surface area (Å²) in [4.78, 5) is 4.29. The van der Waals surface area contributed by atoms with Gasteiger partial charge >= 0.3 is 0 Å². The van der Waals surface area contributed by atoms with Crippen LogP contribution in [0.3, 0.4) is 0 Å². The summed E-state index contributed by atoms with van der Waals surface area (Å²) in [5.41, 5.74) is 7.40. The van der Waals surface area contributed by atoms with Crippen molar-refractivity contribution in [2.75, 3.05) is 7.11 Å². The standard InChI is InChI=1S/C25H27N3O2/c1-15-21(13-22(29)16-8-10-18(30-2)11-9-16)19-6-3-7-20(19)23-24(15)27-28-25(23)17-5-4-12-26-14-17/h4-5,8-12,14-15,21-22,25,29H,3,6-7,13H2,1-2H3/t15-,21-,22?,25+/m1/s1. The van der Waals surface area contributed by atoms with Crippen LogP contribution in [0, 0.1) is 11.8 Å². The Morgan fingerprint density at radius 1 is 1.17 bits per heavy atom. The monoisotopic (exact) mass is 401 g/mol. The topological polar surface area (TPSA) is 67.1 Å². The van der Waals surface area contributed by atoms with Crippen LogP contribution < -0.4 is 4.74 Å². The maximum atomic E-state index is 11.0. The van der Waals surface area contributed by atoms with E-state index in [0.717, 1.165) is 35.4 Å². The molecule has 2 aliphatic carbocycles. The zero-order valence-electron chi connectivity index (χ0n) is 17.5. The van der Waals surface area contributed by atoms with Crippen LogP contribution in [-0.4, -0.2) is 17.2 Å². The molecule has 1 aliphatic heterocycles. The molecule has 1 aromatic heterocycles. The van der Waals surface area contributed by atoms with Crippen LogP contribution in [0.2, 0.25) is 0 Å². The van der Waals surface area contributed by atoms with Crippen LogP contribution in [0.4, 0.5) is 0 Å². The lowest BCUT2D eigenvalue weighted by Gasteiger charge is -2.33. The molecule has 4 atom stereocenters. The number of allylic oxidation sites excluding steroid dienone is 2. The van der Waals surface area contributed by atoms with Gasteiger partial charge < -0.3 is 9.84 Å². The molecule has 5 heteroatoms. The normalized spacial score (nSPS) is 26.0. The number of rotatable bonds is 5. The van der Waals surface area contributed by atoms with Gasteiger partial charge in [-0.2, -0.15) is 10.2 Å². The van der Waals surface area contributed by atoms with E-state index in [1.807, 2.05) is 36.5 Å². The Morgan fingerprint density at radius 2 is 2.00 bits per heavy atom. The van der Waals surface area contributed by atoms with Gasteiger partial charge in [0.05, 0.1) is 18.9 Å². The van der Waals surface area contributed by atoms with Gasteiger partial charge in [0.15, 0.2) is 0 Å². The van der Waals surface area contributed by atoms with Crippen molar-refractivity contribution in [3.8, 4) is 5.75 Å². The van der Waals surface area contributed by atoms with Gasteiger partial charge in [-0.15, -0.1) is 0 Å². The van der Waals surface area contributed by atoms with E-state index in [1.54, 1.807) is 13.3 Å². The second-order valence-corrected chi connectivity index (χ2v) is 8.48. The highest BCUT2D eigenvalue weighted by Crippen LogP contribution is 2.55. The van der Waals surface area contributed by atoms with Crippen molar-refractivity contribution in [3.05, 3.63) is 82.3 Å². The fraction of sp³-hybridized carbons (Fsp3) is 0.400. The van der Waals surface area contributed by atoms with Crippen LogP contribution in [0.25, 0.3) is 0 Å². The highest BCUT2D eigenvalue weighted by Gasteiger charge is 2.42. The molecule has 0 saturated heterocycles. The smallest absolute Gasteiger partial charge is 0.125 e. The molecule has 1 N–H and O–H groups in total. The molecule has 2 aromatic rings. The molecule has 1 aromatic carbocycles. The average Bonchev–Trinajstić information content (AvgIpc) is 3.44. The summed E-state index contributed by atoms with van der Waals surface area (Å²) in [7, 11) is 1.66. The first-order valence-corrected chi connectivity index (χ1v) is 10.8. The molecular formula is C25H27N3O2. The van der Waals surface area contributed by atoms with Gasteiger partial charge in [0.1, 0.15) is 11.8 Å². The van der Waals surface area contributed by atoms with Gasteiger partial charge in [-0.25, -0.2) is 0 Å². The van der Waals surface area contributed by atoms with Gasteiger partial charge in [0, 0.05) is 29.4 Å².